The predicted molar refractivity (Wildman–Crippen MR) is 363 cm³/mol. The first-order valence-electron chi connectivity index (χ1n) is 27.6. The van der Waals surface area contributed by atoms with Gasteiger partial charge in [0.15, 0.2) is 11.5 Å². The Hall–Kier alpha value is -10.1. The highest BCUT2D eigenvalue weighted by Crippen LogP contribution is 2.49. The molecular weight excluding hydrogens is 1590 g/mol. The van der Waals surface area contributed by atoms with E-state index in [0.29, 0.717) is 47.5 Å². The third kappa shape index (κ3) is 16.0. The zero-order valence-corrected chi connectivity index (χ0v) is 58.5. The maximum atomic E-state index is 12.9. The quantitative estimate of drug-likeness (QED) is 0.0222. The molecule has 0 aliphatic heterocycles. The van der Waals surface area contributed by atoms with Gasteiger partial charge in [0.2, 0.25) is 34.4 Å². The molecule has 0 aliphatic carbocycles. The maximum Gasteiger partial charge on any atom is 0.297 e. The molecule has 50 heteroatoms. The van der Waals surface area contributed by atoms with Gasteiger partial charge in [-0.1, -0.05) is 60.7 Å². The SMILES string of the molecule is O=S(=O)(O)c1cc(Nc2nc(Cl)nc(NCc3cccc(CNc4nc(Cl)nc(Nc5cc(S(=O)(=O)O)cc6cc(S(=O)(=O)O)c(N=Nc7ccc8c(S(=O)(=O)O)cccc8c7S(=O)(=O)O)c(O)c56)n4)c3)n2)c2c(O)c(N=Nc3ccc4c(S(=O)(=O)O)cccc4c3S(=O)(=O)O)c(S(=O)(=O)O)cc2c1. The molecule has 40 nitrogen and oxygen atoms in total. The van der Waals surface area contributed by atoms with E-state index in [2.05, 4.69) is 71.6 Å². The lowest BCUT2D eigenvalue weighted by Crippen LogP contribution is -2.09. The molecule has 0 aliphatic rings. The van der Waals surface area contributed by atoms with Crippen molar-refractivity contribution in [1.29, 1.82) is 0 Å². The van der Waals surface area contributed by atoms with E-state index in [1.54, 1.807) is 24.3 Å². The minimum Gasteiger partial charge on any atom is -0.505 e. The van der Waals surface area contributed by atoms with Crippen molar-refractivity contribution < 1.29 is 114 Å². The van der Waals surface area contributed by atoms with E-state index < -0.39 is 231 Å². The normalized spacial score (nSPS) is 13.0. The monoisotopic (exact) mass is 1620 g/mol. The van der Waals surface area contributed by atoms with Gasteiger partial charge in [0.1, 0.15) is 52.1 Å². The van der Waals surface area contributed by atoms with E-state index in [0.717, 1.165) is 60.7 Å². The van der Waals surface area contributed by atoms with Crippen LogP contribution < -0.4 is 21.3 Å². The largest absolute Gasteiger partial charge is 0.505 e. The Morgan fingerprint density at radius 3 is 1.03 bits per heavy atom. The molecule has 0 saturated heterocycles. The number of rotatable bonds is 22. The highest BCUT2D eigenvalue weighted by molar-refractivity contribution is 7.88. The van der Waals surface area contributed by atoms with Crippen LogP contribution >= 0.6 is 23.2 Å². The Morgan fingerprint density at radius 2 is 0.692 bits per heavy atom. The number of phenols is 2. The zero-order chi connectivity index (χ0) is 75.9. The molecule has 0 atom stereocenters. The van der Waals surface area contributed by atoms with Crippen molar-refractivity contribution in [3.63, 3.8) is 0 Å². The fraction of sp³-hybridized carbons (Fsp3) is 0.0370. The van der Waals surface area contributed by atoms with Gasteiger partial charge < -0.3 is 31.5 Å². The van der Waals surface area contributed by atoms with Crippen molar-refractivity contribution in [1.82, 2.24) is 29.9 Å². The highest BCUT2D eigenvalue weighted by atomic mass is 35.5. The summed E-state index contributed by atoms with van der Waals surface area (Å²) in [5.41, 5.74) is -4.15. The number of aromatic nitrogens is 6. The summed E-state index contributed by atoms with van der Waals surface area (Å²) < 4.78 is 283. The topological polar surface area (TPSA) is 650 Å². The Morgan fingerprint density at radius 1 is 0.346 bits per heavy atom. The first kappa shape index (κ1) is 75.1. The third-order valence-corrected chi connectivity index (χ3v) is 21.9. The number of nitrogens with one attached hydrogen (secondary N) is 4. The van der Waals surface area contributed by atoms with Crippen LogP contribution in [0.2, 0.25) is 10.6 Å². The minimum absolute atomic E-state index is 0.125. The molecule has 0 saturated carbocycles. The van der Waals surface area contributed by atoms with Crippen LogP contribution in [-0.4, -0.2) is 144 Å². The second-order valence-corrected chi connectivity index (χ2v) is 33.1. The summed E-state index contributed by atoms with van der Waals surface area (Å²) >= 11 is 12.6. The van der Waals surface area contributed by atoms with Crippen LogP contribution in [0.15, 0.2) is 181 Å². The molecule has 9 aromatic carbocycles. The standard InChI is InChI=1S/C54H38Cl2N14O26S8/c55-49-61-51(65-53(63-49)59-35-19-27(97(73,74)75)15-25-17-39(101(85,86)87)43(45(71)41(25)35)69-67-33-12-10-29-31(47(33)103(91,92)93)6-2-8-37(29)99(79,80)81)57-21-23-4-1-5-24(14-23)22-58-52-62-50(56)64-54(66-52)60-36-20-28(98(76,77)78)16-26-18-40(102(88,89)90)44(46(72)42(26)36)70-68-34-13-11-30-32(48(34)104(94,95)96)7-3-9-38(30)100(82,83)84/h1-20,71-72H,21-22H2,(H,73,74,75)(H,76,77,78)(H,79,80,81)(H,82,83,84)(H,85,86,87)(H,88,89,90)(H,91,92,93)(H,94,95,96)(H2,57,59,61,63,65)(H2,58,60,62,64,66). The maximum absolute atomic E-state index is 12.9. The van der Waals surface area contributed by atoms with Crippen LogP contribution in [0.3, 0.4) is 0 Å². The summed E-state index contributed by atoms with van der Waals surface area (Å²) in [6.45, 7) is -0.250. The summed E-state index contributed by atoms with van der Waals surface area (Å²) in [5, 5.41) is 44.0. The lowest BCUT2D eigenvalue weighted by atomic mass is 10.1. The van der Waals surface area contributed by atoms with Crippen molar-refractivity contribution in [3.05, 3.63) is 143 Å². The summed E-state index contributed by atoms with van der Waals surface area (Å²) in [6.07, 6.45) is 0. The number of aromatic hydroxyl groups is 2. The fourth-order valence-electron chi connectivity index (χ4n) is 10.4. The Kier molecular flexibility index (Phi) is 19.6. The van der Waals surface area contributed by atoms with Crippen molar-refractivity contribution in [2.45, 2.75) is 52.3 Å². The molecule has 14 N–H and O–H groups in total. The van der Waals surface area contributed by atoms with Gasteiger partial charge in [0, 0.05) is 45.4 Å². The zero-order valence-electron chi connectivity index (χ0n) is 50.5. The lowest BCUT2D eigenvalue weighted by molar-refractivity contribution is 0.471. The van der Waals surface area contributed by atoms with E-state index in [-0.39, 0.29) is 25.0 Å². The van der Waals surface area contributed by atoms with E-state index in [1.807, 2.05) is 0 Å². The highest BCUT2D eigenvalue weighted by Gasteiger charge is 2.31. The van der Waals surface area contributed by atoms with Crippen molar-refractivity contribution >= 4 is 205 Å². The van der Waals surface area contributed by atoms with Gasteiger partial charge in [0.25, 0.3) is 80.9 Å². The molecule has 0 bridgehead atoms. The lowest BCUT2D eigenvalue weighted by Gasteiger charge is -2.15. The van der Waals surface area contributed by atoms with Gasteiger partial charge in [-0.3, -0.25) is 36.4 Å². The molecule has 104 heavy (non-hydrogen) atoms. The molecule has 0 fully saturated rings. The van der Waals surface area contributed by atoms with Crippen molar-refractivity contribution in [2.75, 3.05) is 21.3 Å². The second kappa shape index (κ2) is 27.2. The summed E-state index contributed by atoms with van der Waals surface area (Å²) in [5.74, 6) is -4.18. The van der Waals surface area contributed by atoms with Crippen LogP contribution in [0.25, 0.3) is 43.1 Å². The molecule has 11 aromatic rings. The summed E-state index contributed by atoms with van der Waals surface area (Å²) in [7, 11) is -42.3. The molecular formula is C54H38Cl2N14O26S8. The number of nitrogens with zero attached hydrogens (tertiary/aromatic N) is 10. The van der Waals surface area contributed by atoms with E-state index >= 15 is 0 Å². The molecule has 0 amide bonds. The third-order valence-electron chi connectivity index (χ3n) is 14.5. The number of benzene rings is 9. The number of phenolic OH excluding ortho intramolecular Hbond substituents is 2. The van der Waals surface area contributed by atoms with Gasteiger partial charge in [-0.05, 0) is 106 Å². The summed E-state index contributed by atoms with van der Waals surface area (Å²) in [4.78, 5) is 16.0. The van der Waals surface area contributed by atoms with E-state index in [1.165, 1.54) is 0 Å². The molecule has 0 radical (unpaired) electrons. The number of halogens is 2. The van der Waals surface area contributed by atoms with Gasteiger partial charge in [-0.25, -0.2) is 0 Å². The van der Waals surface area contributed by atoms with Gasteiger partial charge >= 0.3 is 0 Å². The molecule has 11 rings (SSSR count). The van der Waals surface area contributed by atoms with Gasteiger partial charge in [-0.2, -0.15) is 97.2 Å². The van der Waals surface area contributed by atoms with E-state index in [4.69, 9.17) is 23.2 Å². The molecule has 542 valence electrons. The van der Waals surface area contributed by atoms with Gasteiger partial charge in [0.05, 0.1) is 21.2 Å². The average Bonchev–Trinajstić information content (AvgIpc) is 0.757. The van der Waals surface area contributed by atoms with Crippen LogP contribution in [-0.2, 0) is 94.0 Å². The number of anilines is 6. The number of hydrogen-bond donors (Lipinski definition) is 14. The molecule has 0 spiro atoms. The predicted octanol–water partition coefficient (Wildman–Crippen LogP) is 8.90. The number of azo groups is 2. The van der Waals surface area contributed by atoms with E-state index in [9.17, 15) is 114 Å². The molecule has 2 heterocycles. The summed E-state index contributed by atoms with van der Waals surface area (Å²) in [6, 6.07) is 19.5. The van der Waals surface area contributed by atoms with Crippen LogP contribution in [0.4, 0.5) is 57.9 Å². The first-order valence-corrected chi connectivity index (χ1v) is 39.8. The minimum atomic E-state index is -5.53. The van der Waals surface area contributed by atoms with Crippen LogP contribution in [0, 0.1) is 0 Å². The Balaban J connectivity index is 0.867. The fourth-order valence-corrected chi connectivity index (χ4v) is 16.2. The Bertz CT molecular complexity index is 6240. The number of hydrogen-bond acceptors (Lipinski definition) is 32. The average molecular weight is 1630 g/mol. The molecule has 0 unspecified atom stereocenters. The van der Waals surface area contributed by atoms with Crippen LogP contribution in [0.1, 0.15) is 11.1 Å². The van der Waals surface area contributed by atoms with Gasteiger partial charge in [-0.15, -0.1) is 20.5 Å². The molecule has 2 aromatic heterocycles. The Labute approximate surface area is 593 Å². The smallest absolute Gasteiger partial charge is 0.297 e. The van der Waals surface area contributed by atoms with Crippen LogP contribution in [0.5, 0.6) is 11.5 Å². The van der Waals surface area contributed by atoms with Crippen molar-refractivity contribution in [2.24, 2.45) is 20.5 Å². The number of fused-ring (bicyclic) bond motifs is 4. The second-order valence-electron chi connectivity index (χ2n) is 21.3. The van der Waals surface area contributed by atoms with Crippen molar-refractivity contribution in [3.8, 4) is 11.5 Å². The first-order chi connectivity index (χ1) is 48.2.